The summed E-state index contributed by atoms with van der Waals surface area (Å²) >= 11 is 0. The second kappa shape index (κ2) is 7.76. The molecule has 4 nitrogen and oxygen atoms in total. The lowest BCUT2D eigenvalue weighted by atomic mass is 9.99. The Balaban J connectivity index is 2.07. The standard InChI is InChI=1S/C17H29N3O/c1-13(2)18-10-16-8-14(3)19-17(9-16)20-7-5-6-15(11-20)12-21-4/h8-9,13,15,18H,5-7,10-12H2,1-4H3. The highest BCUT2D eigenvalue weighted by molar-refractivity contribution is 5.43. The molecule has 1 aromatic rings. The fourth-order valence-electron chi connectivity index (χ4n) is 2.95. The van der Waals surface area contributed by atoms with Gasteiger partial charge in [0, 0.05) is 38.5 Å². The quantitative estimate of drug-likeness (QED) is 0.874. The monoisotopic (exact) mass is 291 g/mol. The van der Waals surface area contributed by atoms with Crippen LogP contribution in [0.25, 0.3) is 0 Å². The predicted molar refractivity (Wildman–Crippen MR) is 87.8 cm³/mol. The summed E-state index contributed by atoms with van der Waals surface area (Å²) in [5.41, 5.74) is 2.42. The molecule has 1 aliphatic heterocycles. The van der Waals surface area contributed by atoms with Crippen LogP contribution in [0.5, 0.6) is 0 Å². The lowest BCUT2D eigenvalue weighted by Gasteiger charge is -2.33. The van der Waals surface area contributed by atoms with Crippen molar-refractivity contribution >= 4 is 5.82 Å². The van der Waals surface area contributed by atoms with Crippen molar-refractivity contribution in [2.45, 2.75) is 46.2 Å². The molecule has 0 aliphatic carbocycles. The van der Waals surface area contributed by atoms with E-state index in [1.807, 2.05) is 0 Å². The molecule has 21 heavy (non-hydrogen) atoms. The maximum atomic E-state index is 5.32. The first-order valence-corrected chi connectivity index (χ1v) is 8.03. The van der Waals surface area contributed by atoms with Crippen molar-refractivity contribution in [1.29, 1.82) is 0 Å². The minimum Gasteiger partial charge on any atom is -0.384 e. The molecule has 1 aromatic heterocycles. The molecular formula is C17H29N3O. The zero-order chi connectivity index (χ0) is 15.2. The van der Waals surface area contributed by atoms with Gasteiger partial charge in [-0.3, -0.25) is 0 Å². The van der Waals surface area contributed by atoms with Crippen LogP contribution in [0.3, 0.4) is 0 Å². The molecule has 0 spiro atoms. The number of methoxy groups -OCH3 is 1. The number of nitrogens with one attached hydrogen (secondary N) is 1. The molecule has 0 amide bonds. The zero-order valence-electron chi connectivity index (χ0n) is 13.9. The van der Waals surface area contributed by atoms with E-state index in [-0.39, 0.29) is 0 Å². The minimum atomic E-state index is 0.503. The van der Waals surface area contributed by atoms with Gasteiger partial charge in [-0.25, -0.2) is 4.98 Å². The molecule has 1 atom stereocenters. The molecule has 0 bridgehead atoms. The van der Waals surface area contributed by atoms with Gasteiger partial charge in [0.2, 0.25) is 0 Å². The number of aromatic nitrogens is 1. The van der Waals surface area contributed by atoms with Crippen LogP contribution in [-0.2, 0) is 11.3 Å². The topological polar surface area (TPSA) is 37.4 Å². The van der Waals surface area contributed by atoms with Crippen molar-refractivity contribution < 1.29 is 4.74 Å². The van der Waals surface area contributed by atoms with Gasteiger partial charge in [-0.1, -0.05) is 13.8 Å². The van der Waals surface area contributed by atoms with Crippen molar-refractivity contribution in [2.24, 2.45) is 5.92 Å². The van der Waals surface area contributed by atoms with Crippen molar-refractivity contribution in [3.8, 4) is 0 Å². The van der Waals surface area contributed by atoms with Crippen LogP contribution < -0.4 is 10.2 Å². The van der Waals surface area contributed by atoms with Crippen molar-refractivity contribution in [1.82, 2.24) is 10.3 Å². The molecule has 1 unspecified atom stereocenters. The maximum Gasteiger partial charge on any atom is 0.129 e. The van der Waals surface area contributed by atoms with Crippen LogP contribution in [0.4, 0.5) is 5.82 Å². The fraction of sp³-hybridized carbons (Fsp3) is 0.706. The van der Waals surface area contributed by atoms with Gasteiger partial charge in [0.15, 0.2) is 0 Å². The van der Waals surface area contributed by atoms with E-state index in [1.54, 1.807) is 7.11 Å². The zero-order valence-corrected chi connectivity index (χ0v) is 13.9. The third-order valence-corrected chi connectivity index (χ3v) is 3.96. The summed E-state index contributed by atoms with van der Waals surface area (Å²) in [6, 6.07) is 4.91. The van der Waals surface area contributed by atoms with E-state index >= 15 is 0 Å². The largest absolute Gasteiger partial charge is 0.384 e. The van der Waals surface area contributed by atoms with Crippen LogP contribution in [0.1, 0.15) is 37.9 Å². The summed E-state index contributed by atoms with van der Waals surface area (Å²) < 4.78 is 5.32. The summed E-state index contributed by atoms with van der Waals surface area (Å²) in [4.78, 5) is 7.15. The Morgan fingerprint density at radius 1 is 1.43 bits per heavy atom. The van der Waals surface area contributed by atoms with Crippen molar-refractivity contribution in [3.05, 3.63) is 23.4 Å². The number of rotatable bonds is 6. The van der Waals surface area contributed by atoms with Gasteiger partial charge in [0.05, 0.1) is 6.61 Å². The van der Waals surface area contributed by atoms with Gasteiger partial charge in [-0.15, -0.1) is 0 Å². The fourth-order valence-corrected chi connectivity index (χ4v) is 2.95. The van der Waals surface area contributed by atoms with E-state index < -0.39 is 0 Å². The average molecular weight is 291 g/mol. The molecule has 2 heterocycles. The van der Waals surface area contributed by atoms with Gasteiger partial charge in [0.25, 0.3) is 0 Å². The highest BCUT2D eigenvalue weighted by Crippen LogP contribution is 2.23. The number of nitrogens with zero attached hydrogens (tertiary/aromatic N) is 2. The van der Waals surface area contributed by atoms with Crippen LogP contribution in [0, 0.1) is 12.8 Å². The highest BCUT2D eigenvalue weighted by atomic mass is 16.5. The van der Waals surface area contributed by atoms with E-state index in [9.17, 15) is 0 Å². The Bertz CT molecular complexity index is 446. The average Bonchev–Trinajstić information content (AvgIpc) is 2.45. The second-order valence-electron chi connectivity index (χ2n) is 6.42. The Morgan fingerprint density at radius 3 is 2.95 bits per heavy atom. The molecule has 0 saturated carbocycles. The van der Waals surface area contributed by atoms with Gasteiger partial charge in [-0.2, -0.15) is 0 Å². The molecular weight excluding hydrogens is 262 g/mol. The van der Waals surface area contributed by atoms with Gasteiger partial charge in [0.1, 0.15) is 5.82 Å². The Morgan fingerprint density at radius 2 is 2.24 bits per heavy atom. The highest BCUT2D eigenvalue weighted by Gasteiger charge is 2.21. The SMILES string of the molecule is COCC1CCCN(c2cc(CNC(C)C)cc(C)n2)C1. The first-order chi connectivity index (χ1) is 10.1. The molecule has 4 heteroatoms. The molecule has 1 fully saturated rings. The molecule has 118 valence electrons. The van der Waals surface area contributed by atoms with Gasteiger partial charge in [-0.05, 0) is 43.4 Å². The summed E-state index contributed by atoms with van der Waals surface area (Å²) in [5, 5.41) is 3.48. The number of piperidine rings is 1. The normalized spacial score (nSPS) is 19.3. The van der Waals surface area contributed by atoms with Crippen LogP contribution >= 0.6 is 0 Å². The molecule has 0 aromatic carbocycles. The number of hydrogen-bond acceptors (Lipinski definition) is 4. The number of anilines is 1. The summed E-state index contributed by atoms with van der Waals surface area (Å²) in [6.45, 7) is 10.4. The number of aryl methyl sites for hydroxylation is 1. The molecule has 2 rings (SSSR count). The number of pyridine rings is 1. The Kier molecular flexibility index (Phi) is 6.00. The predicted octanol–water partition coefficient (Wildman–Crippen LogP) is 2.75. The summed E-state index contributed by atoms with van der Waals surface area (Å²) in [6.07, 6.45) is 2.49. The molecule has 1 aliphatic rings. The maximum absolute atomic E-state index is 5.32. The van der Waals surface area contributed by atoms with Crippen molar-refractivity contribution in [2.75, 3.05) is 31.7 Å². The smallest absolute Gasteiger partial charge is 0.129 e. The van der Waals surface area contributed by atoms with E-state index in [0.717, 1.165) is 37.8 Å². The lowest BCUT2D eigenvalue weighted by molar-refractivity contribution is 0.143. The van der Waals surface area contributed by atoms with E-state index in [0.29, 0.717) is 12.0 Å². The third kappa shape index (κ3) is 4.97. The van der Waals surface area contributed by atoms with E-state index in [4.69, 9.17) is 9.72 Å². The first kappa shape index (κ1) is 16.2. The van der Waals surface area contributed by atoms with Gasteiger partial charge < -0.3 is 15.0 Å². The molecule has 1 N–H and O–H groups in total. The third-order valence-electron chi connectivity index (χ3n) is 3.96. The lowest BCUT2D eigenvalue weighted by Crippen LogP contribution is -2.37. The number of hydrogen-bond donors (Lipinski definition) is 1. The first-order valence-electron chi connectivity index (χ1n) is 8.03. The van der Waals surface area contributed by atoms with E-state index in [1.165, 1.54) is 18.4 Å². The van der Waals surface area contributed by atoms with Crippen LogP contribution in [0.2, 0.25) is 0 Å². The van der Waals surface area contributed by atoms with E-state index in [2.05, 4.69) is 43.1 Å². The summed E-state index contributed by atoms with van der Waals surface area (Å²) in [7, 11) is 1.79. The summed E-state index contributed by atoms with van der Waals surface area (Å²) in [5.74, 6) is 1.75. The molecule has 0 radical (unpaired) electrons. The van der Waals surface area contributed by atoms with Gasteiger partial charge >= 0.3 is 0 Å². The molecule has 1 saturated heterocycles. The van der Waals surface area contributed by atoms with Crippen molar-refractivity contribution in [3.63, 3.8) is 0 Å². The Hall–Kier alpha value is -1.13. The van der Waals surface area contributed by atoms with Crippen LogP contribution in [-0.4, -0.2) is 37.8 Å². The Labute approximate surface area is 128 Å². The van der Waals surface area contributed by atoms with Crippen LogP contribution in [0.15, 0.2) is 12.1 Å². The second-order valence-corrected chi connectivity index (χ2v) is 6.42. The number of ether oxygens (including phenoxy) is 1. The minimum absolute atomic E-state index is 0.503.